The van der Waals surface area contributed by atoms with Gasteiger partial charge in [0.15, 0.2) is 0 Å². The Kier molecular flexibility index (Phi) is 7.82. The zero-order chi connectivity index (χ0) is 13.4. The van der Waals surface area contributed by atoms with Gasteiger partial charge < -0.3 is 10.1 Å². The van der Waals surface area contributed by atoms with Crippen LogP contribution in [0.2, 0.25) is 0 Å². The van der Waals surface area contributed by atoms with Crippen LogP contribution in [0.15, 0.2) is 39.8 Å². The minimum atomic E-state index is 0.301. The Morgan fingerprint density at radius 2 is 2.17 bits per heavy atom. The summed E-state index contributed by atoms with van der Waals surface area (Å²) in [5.74, 6) is 0. The van der Waals surface area contributed by atoms with Gasteiger partial charge >= 0.3 is 0 Å². The van der Waals surface area contributed by atoms with Crippen LogP contribution in [0.25, 0.3) is 0 Å². The molecule has 0 aromatic heterocycles. The highest BCUT2D eigenvalue weighted by atomic mass is 79.9. The van der Waals surface area contributed by atoms with Gasteiger partial charge in [0.1, 0.15) is 0 Å². The van der Waals surface area contributed by atoms with E-state index in [1.165, 1.54) is 5.56 Å². The van der Waals surface area contributed by atoms with Crippen LogP contribution < -0.4 is 5.32 Å². The molecule has 0 saturated heterocycles. The quantitative estimate of drug-likeness (QED) is 0.534. The molecular weight excluding hydrogens is 358 g/mol. The molecule has 0 heterocycles. The Bertz CT molecular complexity index is 382. The predicted molar refractivity (Wildman–Crippen MR) is 83.9 cm³/mol. The third-order valence-electron chi connectivity index (χ3n) is 2.59. The van der Waals surface area contributed by atoms with Gasteiger partial charge in [-0.15, -0.1) is 6.58 Å². The Balaban J connectivity index is 2.31. The highest BCUT2D eigenvalue weighted by Gasteiger charge is 2.08. The number of nitrogens with one attached hydrogen (secondary N) is 1. The first-order valence-corrected chi connectivity index (χ1v) is 7.60. The van der Waals surface area contributed by atoms with Crippen LogP contribution in [0.3, 0.4) is 0 Å². The van der Waals surface area contributed by atoms with Gasteiger partial charge in [0, 0.05) is 21.5 Å². The average Bonchev–Trinajstić information content (AvgIpc) is 2.33. The Morgan fingerprint density at radius 3 is 2.83 bits per heavy atom. The summed E-state index contributed by atoms with van der Waals surface area (Å²) >= 11 is 7.03. The van der Waals surface area contributed by atoms with E-state index >= 15 is 0 Å². The van der Waals surface area contributed by atoms with Crippen molar-refractivity contribution in [3.8, 4) is 0 Å². The topological polar surface area (TPSA) is 21.3 Å². The fraction of sp³-hybridized carbons (Fsp3) is 0.429. The van der Waals surface area contributed by atoms with Crippen molar-refractivity contribution in [3.05, 3.63) is 45.4 Å². The fourth-order valence-corrected chi connectivity index (χ4v) is 2.97. The van der Waals surface area contributed by atoms with E-state index in [-0.39, 0.29) is 0 Å². The maximum absolute atomic E-state index is 5.46. The first-order valence-electron chi connectivity index (χ1n) is 6.02. The standard InChI is InChI=1S/C14H19Br2NO/c1-3-4-8-18-9-7-17-11(2)13-6-5-12(15)10-14(13)16/h3,5-6,10-11,17H,1,4,7-9H2,2H3. The summed E-state index contributed by atoms with van der Waals surface area (Å²) in [4.78, 5) is 0. The molecule has 2 nitrogen and oxygen atoms in total. The van der Waals surface area contributed by atoms with Crippen LogP contribution in [-0.2, 0) is 4.74 Å². The lowest BCUT2D eigenvalue weighted by Crippen LogP contribution is -2.23. The van der Waals surface area contributed by atoms with Gasteiger partial charge in [-0.1, -0.05) is 44.0 Å². The van der Waals surface area contributed by atoms with E-state index in [2.05, 4.69) is 68.9 Å². The molecule has 0 aliphatic rings. The van der Waals surface area contributed by atoms with E-state index in [0.717, 1.165) is 35.1 Å². The fourth-order valence-electron chi connectivity index (χ4n) is 1.58. The largest absolute Gasteiger partial charge is 0.380 e. The Morgan fingerprint density at radius 1 is 1.39 bits per heavy atom. The summed E-state index contributed by atoms with van der Waals surface area (Å²) in [6.07, 6.45) is 2.78. The lowest BCUT2D eigenvalue weighted by atomic mass is 10.1. The summed E-state index contributed by atoms with van der Waals surface area (Å²) in [5.41, 5.74) is 1.25. The van der Waals surface area contributed by atoms with Crippen molar-refractivity contribution in [2.24, 2.45) is 0 Å². The summed E-state index contributed by atoms with van der Waals surface area (Å²) < 4.78 is 7.65. The zero-order valence-electron chi connectivity index (χ0n) is 10.6. The van der Waals surface area contributed by atoms with Crippen LogP contribution in [0.4, 0.5) is 0 Å². The van der Waals surface area contributed by atoms with Crippen molar-refractivity contribution in [3.63, 3.8) is 0 Å². The Hall–Kier alpha value is -0.160. The SMILES string of the molecule is C=CCCOCCNC(C)c1ccc(Br)cc1Br. The molecule has 0 aliphatic heterocycles. The summed E-state index contributed by atoms with van der Waals surface area (Å²) in [7, 11) is 0. The monoisotopic (exact) mass is 375 g/mol. The van der Waals surface area contributed by atoms with E-state index in [1.807, 2.05) is 6.08 Å². The van der Waals surface area contributed by atoms with E-state index in [9.17, 15) is 0 Å². The molecule has 100 valence electrons. The number of benzene rings is 1. The second-order valence-corrected chi connectivity index (χ2v) is 5.80. The van der Waals surface area contributed by atoms with Gasteiger partial charge in [0.2, 0.25) is 0 Å². The molecule has 1 aromatic rings. The highest BCUT2D eigenvalue weighted by Crippen LogP contribution is 2.26. The minimum Gasteiger partial charge on any atom is -0.380 e. The summed E-state index contributed by atoms with van der Waals surface area (Å²) in [6.45, 7) is 8.14. The van der Waals surface area contributed by atoms with Crippen molar-refractivity contribution >= 4 is 31.9 Å². The van der Waals surface area contributed by atoms with E-state index in [0.29, 0.717) is 6.04 Å². The third-order valence-corrected chi connectivity index (χ3v) is 3.77. The normalized spacial score (nSPS) is 12.4. The van der Waals surface area contributed by atoms with E-state index in [1.54, 1.807) is 0 Å². The number of halogens is 2. The number of ether oxygens (including phenoxy) is 1. The van der Waals surface area contributed by atoms with Crippen LogP contribution in [0.1, 0.15) is 24.9 Å². The zero-order valence-corrected chi connectivity index (χ0v) is 13.8. The maximum Gasteiger partial charge on any atom is 0.0591 e. The average molecular weight is 377 g/mol. The molecule has 1 aromatic carbocycles. The second kappa shape index (κ2) is 8.86. The summed E-state index contributed by atoms with van der Waals surface area (Å²) in [5, 5.41) is 3.44. The molecule has 1 N–H and O–H groups in total. The van der Waals surface area contributed by atoms with Crippen molar-refractivity contribution < 1.29 is 4.74 Å². The molecule has 18 heavy (non-hydrogen) atoms. The Labute approximate surface area is 126 Å². The lowest BCUT2D eigenvalue weighted by Gasteiger charge is -2.16. The van der Waals surface area contributed by atoms with Crippen molar-refractivity contribution in [1.82, 2.24) is 5.32 Å². The molecule has 1 atom stereocenters. The molecule has 0 aliphatic carbocycles. The van der Waals surface area contributed by atoms with Gasteiger partial charge in [-0.3, -0.25) is 0 Å². The number of hydrogen-bond acceptors (Lipinski definition) is 2. The van der Waals surface area contributed by atoms with Crippen molar-refractivity contribution in [2.75, 3.05) is 19.8 Å². The molecule has 0 fully saturated rings. The van der Waals surface area contributed by atoms with Gasteiger partial charge in [-0.25, -0.2) is 0 Å². The predicted octanol–water partition coefficient (Wildman–Crippen LogP) is 4.45. The molecule has 0 spiro atoms. The molecule has 0 bridgehead atoms. The smallest absolute Gasteiger partial charge is 0.0591 e. The minimum absolute atomic E-state index is 0.301. The molecule has 1 rings (SSSR count). The van der Waals surface area contributed by atoms with Crippen LogP contribution in [0, 0.1) is 0 Å². The molecule has 0 radical (unpaired) electrons. The lowest BCUT2D eigenvalue weighted by molar-refractivity contribution is 0.138. The molecule has 0 saturated carbocycles. The van der Waals surface area contributed by atoms with Crippen LogP contribution in [-0.4, -0.2) is 19.8 Å². The number of hydrogen-bond donors (Lipinski definition) is 1. The molecule has 4 heteroatoms. The third kappa shape index (κ3) is 5.65. The van der Waals surface area contributed by atoms with Gasteiger partial charge in [-0.05, 0) is 31.0 Å². The van der Waals surface area contributed by atoms with Gasteiger partial charge in [0.05, 0.1) is 13.2 Å². The van der Waals surface area contributed by atoms with E-state index in [4.69, 9.17) is 4.74 Å². The van der Waals surface area contributed by atoms with Gasteiger partial charge in [0.25, 0.3) is 0 Å². The van der Waals surface area contributed by atoms with E-state index < -0.39 is 0 Å². The highest BCUT2D eigenvalue weighted by molar-refractivity contribution is 9.11. The van der Waals surface area contributed by atoms with Gasteiger partial charge in [-0.2, -0.15) is 0 Å². The maximum atomic E-state index is 5.46. The second-order valence-electron chi connectivity index (χ2n) is 4.03. The first-order chi connectivity index (χ1) is 8.65. The first kappa shape index (κ1) is 15.9. The van der Waals surface area contributed by atoms with Crippen molar-refractivity contribution in [1.29, 1.82) is 0 Å². The van der Waals surface area contributed by atoms with Crippen LogP contribution in [0.5, 0.6) is 0 Å². The summed E-state index contributed by atoms with van der Waals surface area (Å²) in [6, 6.07) is 6.53. The van der Waals surface area contributed by atoms with Crippen molar-refractivity contribution in [2.45, 2.75) is 19.4 Å². The molecule has 0 amide bonds. The number of rotatable bonds is 8. The molecular formula is C14H19Br2NO. The molecule has 1 unspecified atom stereocenters. The van der Waals surface area contributed by atoms with Crippen LogP contribution >= 0.6 is 31.9 Å².